The molecule has 0 unspecified atom stereocenters. The molecule has 8 rings (SSSR count). The smallest absolute Gasteiger partial charge is 0.187 e. The van der Waals surface area contributed by atoms with Gasteiger partial charge in [0, 0.05) is 6.42 Å². The molecule has 4 aliphatic carbocycles. The Balaban J connectivity index is 1.06. The molecule has 0 spiro atoms. The van der Waals surface area contributed by atoms with Gasteiger partial charge in [-0.05, 0) is 125 Å². The zero-order chi connectivity index (χ0) is 48.6. The summed E-state index contributed by atoms with van der Waals surface area (Å²) in [6.07, 6.45) is -19.2. The van der Waals surface area contributed by atoms with E-state index in [4.69, 9.17) is 33.2 Å². The molecule has 4 saturated heterocycles. The van der Waals surface area contributed by atoms with Gasteiger partial charge in [0.05, 0.1) is 48.3 Å². The Labute approximate surface area is 388 Å². The quantitative estimate of drug-likeness (QED) is 0.138. The molecule has 27 atom stereocenters. The third-order valence-corrected chi connectivity index (χ3v) is 19.5. The molecule has 0 bridgehead atoms. The van der Waals surface area contributed by atoms with Crippen molar-refractivity contribution < 1.29 is 89.3 Å². The average Bonchev–Trinajstić information content (AvgIpc) is 3.79. The fourth-order valence-corrected chi connectivity index (χ4v) is 15.6. The molecule has 4 saturated carbocycles. The van der Waals surface area contributed by atoms with Crippen LogP contribution in [0.2, 0.25) is 0 Å². The highest BCUT2D eigenvalue weighted by Crippen LogP contribution is 2.76. The predicted molar refractivity (Wildman–Crippen MR) is 232 cm³/mol. The summed E-state index contributed by atoms with van der Waals surface area (Å²) in [4.78, 5) is 0. The molecular weight excluding hydrogens is 865 g/mol. The highest BCUT2D eigenvalue weighted by atomic mass is 16.8. The molecule has 4 heterocycles. The molecule has 66 heavy (non-hydrogen) atoms. The van der Waals surface area contributed by atoms with Crippen molar-refractivity contribution in [2.75, 3.05) is 6.61 Å². The van der Waals surface area contributed by atoms with Crippen molar-refractivity contribution in [2.24, 2.45) is 45.3 Å². The second-order valence-electron chi connectivity index (χ2n) is 24.0. The molecule has 8 aliphatic rings. The lowest BCUT2D eigenvalue weighted by Gasteiger charge is -2.71. The predicted octanol–water partition coefficient (Wildman–Crippen LogP) is 0.210. The molecule has 11 N–H and O–H groups in total. The van der Waals surface area contributed by atoms with Crippen molar-refractivity contribution in [2.45, 2.75) is 248 Å². The van der Waals surface area contributed by atoms with Gasteiger partial charge in [-0.1, -0.05) is 34.6 Å². The second kappa shape index (κ2) is 17.8. The normalized spacial score (nSPS) is 57.5. The number of fused-ring (bicyclic) bond motifs is 5. The summed E-state index contributed by atoms with van der Waals surface area (Å²) in [5.74, 6) is 0.171. The van der Waals surface area contributed by atoms with E-state index >= 15 is 0 Å². The van der Waals surface area contributed by atoms with E-state index in [0.717, 1.165) is 32.1 Å². The Morgan fingerprint density at radius 1 is 0.591 bits per heavy atom. The summed E-state index contributed by atoms with van der Waals surface area (Å²) in [5.41, 5.74) is -3.08. The van der Waals surface area contributed by atoms with Crippen LogP contribution in [-0.2, 0) is 33.2 Å². The fraction of sp³-hybridized carbons (Fsp3) is 1.00. The maximum Gasteiger partial charge on any atom is 0.187 e. The van der Waals surface area contributed by atoms with Crippen LogP contribution in [0, 0.1) is 45.3 Å². The van der Waals surface area contributed by atoms with Crippen LogP contribution in [0.25, 0.3) is 0 Å². The third-order valence-electron chi connectivity index (χ3n) is 19.5. The summed E-state index contributed by atoms with van der Waals surface area (Å²) in [6.45, 7) is 19.1. The molecule has 18 nitrogen and oxygen atoms in total. The number of rotatable bonds is 9. The Morgan fingerprint density at radius 2 is 1.15 bits per heavy atom. The Hall–Kier alpha value is -0.720. The zero-order valence-electron chi connectivity index (χ0n) is 40.4. The minimum absolute atomic E-state index is 0.00669. The van der Waals surface area contributed by atoms with Crippen LogP contribution in [0.5, 0.6) is 0 Å². The Morgan fingerprint density at radius 3 is 1.70 bits per heavy atom. The summed E-state index contributed by atoms with van der Waals surface area (Å²) in [6, 6.07) is 0. The van der Waals surface area contributed by atoms with Crippen LogP contribution in [0.4, 0.5) is 0 Å². The lowest BCUT2D eigenvalue weighted by Crippen LogP contribution is -2.68. The minimum atomic E-state index is -1.77. The van der Waals surface area contributed by atoms with Crippen molar-refractivity contribution >= 4 is 0 Å². The van der Waals surface area contributed by atoms with Crippen LogP contribution in [0.15, 0.2) is 0 Å². The molecule has 4 aliphatic heterocycles. The molecule has 0 amide bonds. The van der Waals surface area contributed by atoms with Gasteiger partial charge in [-0.3, -0.25) is 0 Å². The molecule has 0 radical (unpaired) electrons. The van der Waals surface area contributed by atoms with Gasteiger partial charge in [-0.25, -0.2) is 0 Å². The van der Waals surface area contributed by atoms with Gasteiger partial charge >= 0.3 is 0 Å². The van der Waals surface area contributed by atoms with Crippen molar-refractivity contribution in [3.63, 3.8) is 0 Å². The number of ether oxygens (including phenoxy) is 7. The average molecular weight is 947 g/mol. The van der Waals surface area contributed by atoms with Gasteiger partial charge in [0.2, 0.25) is 0 Å². The number of aliphatic hydroxyl groups excluding tert-OH is 10. The number of hydrogen-bond acceptors (Lipinski definition) is 18. The second-order valence-corrected chi connectivity index (χ2v) is 24.0. The first kappa shape index (κ1) is 51.6. The fourth-order valence-electron chi connectivity index (χ4n) is 15.6. The van der Waals surface area contributed by atoms with Crippen LogP contribution in [-0.4, -0.2) is 191 Å². The summed E-state index contributed by atoms with van der Waals surface area (Å²) in [7, 11) is 0. The standard InChI is InChI=1S/C48H82O18/c1-20-30(52)33(55)35(57)40(60-20)64-37-32(54)25(19-49)62-42(38(37)65-41-36(58)34(56)31(53)21(2)61-41)63-28-13-14-45(7)26(43(28,3)4)12-16-46(8)27(45)17-23(50)29-22(11-15-47(29,46)9)48(10)18-24(51)39(66-48)44(5,6)59/h20-42,49-59H,11-19H2,1-10H3/t20-,21-,22-,23+,24-,25+,26+,27+,28-,29-,30-,31-,32+,33+,34+,35+,36+,37-,38+,39-,40-,41-,42-,45-,46+,47+,48-/m0/s1. The molecule has 0 aromatic carbocycles. The van der Waals surface area contributed by atoms with Crippen molar-refractivity contribution in [1.82, 2.24) is 0 Å². The highest BCUT2D eigenvalue weighted by Gasteiger charge is 2.73. The van der Waals surface area contributed by atoms with E-state index in [1.165, 1.54) is 13.8 Å². The number of aliphatic hydroxyl groups is 11. The van der Waals surface area contributed by atoms with Crippen molar-refractivity contribution in [1.29, 1.82) is 0 Å². The molecular formula is C48H82O18. The largest absolute Gasteiger partial charge is 0.394 e. The lowest BCUT2D eigenvalue weighted by molar-refractivity contribution is -0.397. The maximum absolute atomic E-state index is 12.5. The summed E-state index contributed by atoms with van der Waals surface area (Å²) in [5, 5.41) is 121. The van der Waals surface area contributed by atoms with E-state index < -0.39 is 140 Å². The van der Waals surface area contributed by atoms with E-state index in [9.17, 15) is 56.2 Å². The van der Waals surface area contributed by atoms with Gasteiger partial charge in [0.15, 0.2) is 18.9 Å². The first-order valence-electron chi connectivity index (χ1n) is 24.6. The minimum Gasteiger partial charge on any atom is -0.394 e. The Bertz CT molecular complexity index is 1720. The van der Waals surface area contributed by atoms with E-state index in [2.05, 4.69) is 34.6 Å². The first-order valence-corrected chi connectivity index (χ1v) is 24.6. The van der Waals surface area contributed by atoms with Crippen LogP contribution in [0.1, 0.15) is 121 Å². The van der Waals surface area contributed by atoms with Crippen LogP contribution < -0.4 is 0 Å². The lowest BCUT2D eigenvalue weighted by atomic mass is 9.35. The zero-order valence-corrected chi connectivity index (χ0v) is 40.4. The molecule has 18 heteroatoms. The van der Waals surface area contributed by atoms with Crippen molar-refractivity contribution in [3.05, 3.63) is 0 Å². The topological polar surface area (TPSA) is 287 Å². The Kier molecular flexibility index (Phi) is 13.9. The van der Waals surface area contributed by atoms with Gasteiger partial charge in [-0.15, -0.1) is 0 Å². The van der Waals surface area contributed by atoms with E-state index in [1.54, 1.807) is 13.8 Å². The first-order chi connectivity index (χ1) is 30.6. The van der Waals surface area contributed by atoms with Crippen LogP contribution >= 0.6 is 0 Å². The SMILES string of the molecule is C[C@@H]1O[C@@H](O[C@H]2[C@H](O[C@H]3CC[C@@]4(C)[C@H](CC[C@]5(C)[C@@H]4C[C@@H](O)[C@@H]4[C@@H]([C@]6(C)C[C@H](O)[C@@H](C(C)(C)O)O6)CC[C@]45C)C3(C)C)O[C@H](CO)[C@@H](O)[C@@H]2O[C@@H]2O[C@@H](C)[C@H](O)[C@@H](O)[C@H]2O)[C@H](O)[C@H](O)[C@H]1O. The van der Waals surface area contributed by atoms with E-state index in [0.29, 0.717) is 19.3 Å². The maximum atomic E-state index is 12.5. The highest BCUT2D eigenvalue weighted by molar-refractivity contribution is 5.21. The number of hydrogen-bond donors (Lipinski definition) is 11. The molecule has 382 valence electrons. The van der Waals surface area contributed by atoms with E-state index in [1.807, 2.05) is 6.92 Å². The van der Waals surface area contributed by atoms with Gasteiger partial charge in [-0.2, -0.15) is 0 Å². The van der Waals surface area contributed by atoms with Crippen molar-refractivity contribution in [3.8, 4) is 0 Å². The summed E-state index contributed by atoms with van der Waals surface area (Å²) < 4.78 is 44.1. The third kappa shape index (κ3) is 8.08. The van der Waals surface area contributed by atoms with Gasteiger partial charge < -0.3 is 89.3 Å². The monoisotopic (exact) mass is 947 g/mol. The van der Waals surface area contributed by atoms with Gasteiger partial charge in [0.1, 0.15) is 67.1 Å². The summed E-state index contributed by atoms with van der Waals surface area (Å²) >= 11 is 0. The van der Waals surface area contributed by atoms with E-state index in [-0.39, 0.29) is 39.9 Å². The van der Waals surface area contributed by atoms with Gasteiger partial charge in [0.25, 0.3) is 0 Å². The van der Waals surface area contributed by atoms with Crippen LogP contribution in [0.3, 0.4) is 0 Å². The molecule has 0 aromatic heterocycles. The molecule has 0 aromatic rings. The molecule has 8 fully saturated rings.